The predicted octanol–water partition coefficient (Wildman–Crippen LogP) is 1.63. The lowest BCUT2D eigenvalue weighted by atomic mass is 9.82. The van der Waals surface area contributed by atoms with E-state index in [0.29, 0.717) is 31.1 Å². The van der Waals surface area contributed by atoms with Crippen molar-refractivity contribution < 1.29 is 8.42 Å². The Bertz CT molecular complexity index is 560. The minimum absolute atomic E-state index is 0.0933. The van der Waals surface area contributed by atoms with E-state index in [0.717, 1.165) is 5.96 Å². The summed E-state index contributed by atoms with van der Waals surface area (Å²) in [6.07, 6.45) is 8.25. The normalized spacial score (nSPS) is 28.7. The quantitative estimate of drug-likeness (QED) is 0.548. The SMILES string of the molecule is CN=C(NCC(C)(C)CCS(C)(=O)=O)NC1CC2CCCC(C1)N2C. The lowest BCUT2D eigenvalue weighted by molar-refractivity contribution is 0.0526. The first-order valence-electron chi connectivity index (χ1n) is 9.46. The molecular weight excluding hydrogens is 336 g/mol. The number of sulfone groups is 1. The van der Waals surface area contributed by atoms with Crippen LogP contribution in [0.15, 0.2) is 4.99 Å². The molecule has 146 valence electrons. The molecule has 2 heterocycles. The molecule has 2 N–H and O–H groups in total. The minimum Gasteiger partial charge on any atom is -0.356 e. The summed E-state index contributed by atoms with van der Waals surface area (Å²) in [4.78, 5) is 6.93. The molecule has 2 saturated heterocycles. The maximum atomic E-state index is 11.4. The molecule has 0 aromatic heterocycles. The van der Waals surface area contributed by atoms with Crippen molar-refractivity contribution in [2.45, 2.75) is 70.5 Å². The molecule has 2 rings (SSSR count). The van der Waals surface area contributed by atoms with Crippen molar-refractivity contribution in [1.82, 2.24) is 15.5 Å². The van der Waals surface area contributed by atoms with E-state index in [4.69, 9.17) is 0 Å². The van der Waals surface area contributed by atoms with Gasteiger partial charge in [-0.15, -0.1) is 0 Å². The van der Waals surface area contributed by atoms with Gasteiger partial charge in [0, 0.05) is 38.0 Å². The summed E-state index contributed by atoms with van der Waals surface area (Å²) in [6, 6.07) is 1.85. The van der Waals surface area contributed by atoms with Crippen LogP contribution in [0.25, 0.3) is 0 Å². The molecule has 0 aliphatic carbocycles. The van der Waals surface area contributed by atoms with Crippen molar-refractivity contribution >= 4 is 15.8 Å². The highest BCUT2D eigenvalue weighted by molar-refractivity contribution is 7.90. The average Bonchev–Trinajstić information content (AvgIpc) is 2.50. The fourth-order valence-corrected chi connectivity index (χ4v) is 4.92. The molecule has 0 aromatic rings. The second-order valence-electron chi connectivity index (χ2n) is 8.69. The number of nitrogens with zero attached hydrogens (tertiary/aromatic N) is 2. The van der Waals surface area contributed by atoms with E-state index in [2.05, 4.69) is 41.4 Å². The minimum atomic E-state index is -2.92. The first kappa shape index (κ1) is 20.5. The van der Waals surface area contributed by atoms with Crippen molar-refractivity contribution in [3.05, 3.63) is 0 Å². The van der Waals surface area contributed by atoms with Gasteiger partial charge < -0.3 is 15.5 Å². The Hall–Kier alpha value is -0.820. The summed E-state index contributed by atoms with van der Waals surface area (Å²) < 4.78 is 22.8. The van der Waals surface area contributed by atoms with Gasteiger partial charge in [0.2, 0.25) is 0 Å². The Morgan fingerprint density at radius 2 is 1.84 bits per heavy atom. The van der Waals surface area contributed by atoms with Crippen LogP contribution in [-0.4, -0.2) is 70.1 Å². The van der Waals surface area contributed by atoms with Crippen molar-refractivity contribution in [3.8, 4) is 0 Å². The third-order valence-electron chi connectivity index (χ3n) is 5.79. The van der Waals surface area contributed by atoms with Crippen molar-refractivity contribution in [1.29, 1.82) is 0 Å². The molecule has 25 heavy (non-hydrogen) atoms. The molecule has 2 atom stereocenters. The Labute approximate surface area is 153 Å². The van der Waals surface area contributed by atoms with E-state index >= 15 is 0 Å². The second-order valence-corrected chi connectivity index (χ2v) is 10.9. The molecule has 2 bridgehead atoms. The van der Waals surface area contributed by atoms with E-state index in [1.54, 1.807) is 7.05 Å². The molecule has 2 fully saturated rings. The largest absolute Gasteiger partial charge is 0.356 e. The highest BCUT2D eigenvalue weighted by atomic mass is 32.2. The smallest absolute Gasteiger partial charge is 0.191 e. The zero-order valence-electron chi connectivity index (χ0n) is 16.5. The summed E-state index contributed by atoms with van der Waals surface area (Å²) in [5.41, 5.74) is -0.0933. The van der Waals surface area contributed by atoms with E-state index in [9.17, 15) is 8.42 Å². The number of hydrogen-bond acceptors (Lipinski definition) is 4. The molecule has 2 aliphatic rings. The first-order chi connectivity index (χ1) is 11.6. The second kappa shape index (κ2) is 8.25. The van der Waals surface area contributed by atoms with Crippen LogP contribution in [0.1, 0.15) is 52.4 Å². The van der Waals surface area contributed by atoms with Gasteiger partial charge in [-0.05, 0) is 44.6 Å². The first-order valence-corrected chi connectivity index (χ1v) is 11.5. The van der Waals surface area contributed by atoms with Crippen molar-refractivity contribution in [3.63, 3.8) is 0 Å². The van der Waals surface area contributed by atoms with Crippen LogP contribution in [0.3, 0.4) is 0 Å². The van der Waals surface area contributed by atoms with Gasteiger partial charge in [0.05, 0.1) is 5.75 Å². The topological polar surface area (TPSA) is 73.8 Å². The van der Waals surface area contributed by atoms with Gasteiger partial charge in [0.25, 0.3) is 0 Å². The monoisotopic (exact) mass is 372 g/mol. The maximum Gasteiger partial charge on any atom is 0.191 e. The molecule has 0 amide bonds. The van der Waals surface area contributed by atoms with Crippen molar-refractivity contribution in [2.75, 3.05) is 32.6 Å². The fourth-order valence-electron chi connectivity index (χ4n) is 3.99. The highest BCUT2D eigenvalue weighted by Gasteiger charge is 2.36. The zero-order chi connectivity index (χ0) is 18.7. The number of hydrogen-bond donors (Lipinski definition) is 2. The summed E-state index contributed by atoms with van der Waals surface area (Å²) in [6.45, 7) is 4.90. The van der Waals surface area contributed by atoms with Gasteiger partial charge in [0.15, 0.2) is 5.96 Å². The van der Waals surface area contributed by atoms with Crippen LogP contribution in [-0.2, 0) is 9.84 Å². The van der Waals surface area contributed by atoms with Crippen LogP contribution in [0.5, 0.6) is 0 Å². The summed E-state index contributed by atoms with van der Waals surface area (Å²) >= 11 is 0. The Morgan fingerprint density at radius 3 is 2.36 bits per heavy atom. The van der Waals surface area contributed by atoms with E-state index in [1.165, 1.54) is 38.4 Å². The predicted molar refractivity (Wildman–Crippen MR) is 105 cm³/mol. The molecule has 2 unspecified atom stereocenters. The van der Waals surface area contributed by atoms with E-state index < -0.39 is 9.84 Å². The molecule has 6 nitrogen and oxygen atoms in total. The third-order valence-corrected chi connectivity index (χ3v) is 6.73. The molecular formula is C18H36N4O2S. The van der Waals surface area contributed by atoms with Gasteiger partial charge in [-0.2, -0.15) is 0 Å². The van der Waals surface area contributed by atoms with Gasteiger partial charge >= 0.3 is 0 Å². The van der Waals surface area contributed by atoms with Gasteiger partial charge in [-0.1, -0.05) is 20.3 Å². The molecule has 7 heteroatoms. The molecule has 0 radical (unpaired) electrons. The van der Waals surface area contributed by atoms with E-state index in [-0.39, 0.29) is 11.2 Å². The number of nitrogens with one attached hydrogen (secondary N) is 2. The Balaban J connectivity index is 1.82. The van der Waals surface area contributed by atoms with Crippen LogP contribution in [0, 0.1) is 5.41 Å². The van der Waals surface area contributed by atoms with Gasteiger partial charge in [-0.25, -0.2) is 8.42 Å². The number of guanidine groups is 1. The maximum absolute atomic E-state index is 11.4. The molecule has 2 aliphatic heterocycles. The van der Waals surface area contributed by atoms with E-state index in [1.807, 2.05) is 0 Å². The van der Waals surface area contributed by atoms with Crippen molar-refractivity contribution in [2.24, 2.45) is 10.4 Å². The van der Waals surface area contributed by atoms with Gasteiger partial charge in [0.1, 0.15) is 9.84 Å². The number of fused-ring (bicyclic) bond motifs is 2. The standard InChI is InChI=1S/C18H36N4O2S/c1-18(2,9-10-25(5,23)24)13-20-17(19-3)21-14-11-15-7-6-8-16(12-14)22(15)4/h14-16H,6-13H2,1-5H3,(H2,19,20,21). The summed E-state index contributed by atoms with van der Waals surface area (Å²) in [5.74, 6) is 1.06. The molecule has 0 aromatic carbocycles. The third kappa shape index (κ3) is 6.44. The van der Waals surface area contributed by atoms with Crippen LogP contribution >= 0.6 is 0 Å². The van der Waals surface area contributed by atoms with Gasteiger partial charge in [-0.3, -0.25) is 4.99 Å². The number of rotatable bonds is 6. The highest BCUT2D eigenvalue weighted by Crippen LogP contribution is 2.32. The summed E-state index contributed by atoms with van der Waals surface area (Å²) in [5, 5.41) is 6.99. The average molecular weight is 373 g/mol. The summed E-state index contributed by atoms with van der Waals surface area (Å²) in [7, 11) is 1.15. The zero-order valence-corrected chi connectivity index (χ0v) is 17.3. The van der Waals surface area contributed by atoms with Crippen LogP contribution in [0.4, 0.5) is 0 Å². The number of aliphatic imine (C=N–C) groups is 1. The lowest BCUT2D eigenvalue weighted by Gasteiger charge is -2.47. The fraction of sp³-hybridized carbons (Fsp3) is 0.944. The Morgan fingerprint density at radius 1 is 1.24 bits per heavy atom. The number of piperidine rings is 2. The van der Waals surface area contributed by atoms with Crippen LogP contribution < -0.4 is 10.6 Å². The lowest BCUT2D eigenvalue weighted by Crippen LogP contribution is -2.57. The Kier molecular flexibility index (Phi) is 6.76. The van der Waals surface area contributed by atoms with Crippen LogP contribution in [0.2, 0.25) is 0 Å². The molecule has 0 saturated carbocycles. The molecule has 0 spiro atoms.